The first kappa shape index (κ1) is 13.2. The number of rotatable bonds is 1. The van der Waals surface area contributed by atoms with Crippen LogP contribution in [0.2, 0.25) is 0 Å². The zero-order chi connectivity index (χ0) is 13.1. The summed E-state index contributed by atoms with van der Waals surface area (Å²) in [6, 6.07) is 0.939. The highest BCUT2D eigenvalue weighted by molar-refractivity contribution is 5.80. The average Bonchev–Trinajstić information content (AvgIpc) is 2.97. The largest absolute Gasteiger partial charge is 0.374 e. The van der Waals surface area contributed by atoms with Crippen LogP contribution in [0.25, 0.3) is 0 Å². The molecular weight excluding hydrogens is 240 g/mol. The van der Waals surface area contributed by atoms with Gasteiger partial charge < -0.3 is 9.64 Å². The number of aliphatic imine (C=N–C) groups is 1. The molecule has 2 aliphatic carbocycles. The first-order valence-corrected chi connectivity index (χ1v) is 7.81. The molecule has 3 N–H and O–H groups in total. The van der Waals surface area contributed by atoms with Gasteiger partial charge in [0, 0.05) is 6.54 Å². The van der Waals surface area contributed by atoms with Gasteiger partial charge in [0.15, 0.2) is 0 Å². The smallest absolute Gasteiger partial charge is 0.209 e. The summed E-state index contributed by atoms with van der Waals surface area (Å²) in [4.78, 5) is 7.23. The molecule has 2 unspecified atom stereocenters. The van der Waals surface area contributed by atoms with Gasteiger partial charge in [-0.1, -0.05) is 25.7 Å². The highest BCUT2D eigenvalue weighted by Gasteiger charge is 2.36. The molecule has 1 saturated heterocycles. The molecule has 2 saturated carbocycles. The molecule has 19 heavy (non-hydrogen) atoms. The predicted octanol–water partition coefficient (Wildman–Crippen LogP) is 1.39. The highest BCUT2D eigenvalue weighted by Crippen LogP contribution is 2.29. The highest BCUT2D eigenvalue weighted by atomic mass is 16.5. The molecule has 1 heterocycles. The summed E-state index contributed by atoms with van der Waals surface area (Å²) in [5.74, 6) is 6.64. The zero-order valence-corrected chi connectivity index (χ0v) is 11.7. The summed E-state index contributed by atoms with van der Waals surface area (Å²) in [5, 5.41) is 0. The Balaban J connectivity index is 1.73. The maximum absolute atomic E-state index is 5.91. The van der Waals surface area contributed by atoms with E-state index < -0.39 is 0 Å². The lowest BCUT2D eigenvalue weighted by molar-refractivity contribution is -0.0648. The van der Waals surface area contributed by atoms with E-state index in [1.165, 1.54) is 51.4 Å². The van der Waals surface area contributed by atoms with Crippen LogP contribution in [0.4, 0.5) is 0 Å². The Kier molecular flexibility index (Phi) is 4.23. The van der Waals surface area contributed by atoms with Crippen LogP contribution < -0.4 is 11.3 Å². The molecule has 3 aliphatic rings. The monoisotopic (exact) mass is 266 g/mol. The van der Waals surface area contributed by atoms with Gasteiger partial charge in [0.25, 0.3) is 0 Å². The Bertz CT molecular complexity index is 325. The Hall–Kier alpha value is -0.810. The van der Waals surface area contributed by atoms with Crippen LogP contribution in [0.5, 0.6) is 0 Å². The molecule has 1 aliphatic heterocycles. The van der Waals surface area contributed by atoms with Gasteiger partial charge in [-0.25, -0.2) is 10.8 Å². The van der Waals surface area contributed by atoms with Crippen LogP contribution >= 0.6 is 0 Å². The van der Waals surface area contributed by atoms with Crippen molar-refractivity contribution in [3.63, 3.8) is 0 Å². The van der Waals surface area contributed by atoms with Crippen molar-refractivity contribution in [2.45, 2.75) is 69.6 Å². The van der Waals surface area contributed by atoms with E-state index in [4.69, 9.17) is 15.6 Å². The van der Waals surface area contributed by atoms with Gasteiger partial charge in [0.05, 0.1) is 24.8 Å². The molecule has 0 spiro atoms. The second-order valence-corrected chi connectivity index (χ2v) is 5.99. The number of guanidine groups is 1. The van der Waals surface area contributed by atoms with Crippen LogP contribution in [0.1, 0.15) is 51.4 Å². The van der Waals surface area contributed by atoms with Gasteiger partial charge in [-0.05, 0) is 25.7 Å². The van der Waals surface area contributed by atoms with Gasteiger partial charge in [-0.2, -0.15) is 0 Å². The van der Waals surface area contributed by atoms with E-state index in [9.17, 15) is 0 Å². The summed E-state index contributed by atoms with van der Waals surface area (Å²) in [5.41, 5.74) is 2.85. The third-order valence-corrected chi connectivity index (χ3v) is 4.76. The minimum absolute atomic E-state index is 0.379. The van der Waals surface area contributed by atoms with Crippen LogP contribution in [-0.2, 0) is 4.74 Å². The number of nitrogens with one attached hydrogen (secondary N) is 1. The number of ether oxygens (including phenoxy) is 1. The maximum Gasteiger partial charge on any atom is 0.209 e. The fourth-order valence-electron chi connectivity index (χ4n) is 3.76. The summed E-state index contributed by atoms with van der Waals surface area (Å²) in [6.07, 6.45) is 10.4. The fraction of sp³-hybridized carbons (Fsp3) is 0.929. The van der Waals surface area contributed by atoms with Crippen molar-refractivity contribution >= 4 is 5.96 Å². The van der Waals surface area contributed by atoms with E-state index in [0.717, 1.165) is 19.1 Å². The summed E-state index contributed by atoms with van der Waals surface area (Å²) in [6.45, 7) is 1.71. The van der Waals surface area contributed by atoms with E-state index >= 15 is 0 Å². The summed E-state index contributed by atoms with van der Waals surface area (Å²) in [7, 11) is 0. The molecule has 0 amide bonds. The molecule has 3 rings (SSSR count). The molecule has 5 heteroatoms. The van der Waals surface area contributed by atoms with Crippen molar-refractivity contribution in [1.29, 1.82) is 0 Å². The van der Waals surface area contributed by atoms with Crippen LogP contribution in [0, 0.1) is 0 Å². The number of hydrazine groups is 1. The van der Waals surface area contributed by atoms with Crippen LogP contribution in [0.3, 0.4) is 0 Å². The maximum atomic E-state index is 5.91. The number of fused-ring (bicyclic) bond motifs is 1. The third kappa shape index (κ3) is 2.87. The van der Waals surface area contributed by atoms with Crippen molar-refractivity contribution in [2.24, 2.45) is 10.8 Å². The minimum atomic E-state index is 0.379. The molecular formula is C14H26N4O. The van der Waals surface area contributed by atoms with Crippen LogP contribution in [0.15, 0.2) is 4.99 Å². The van der Waals surface area contributed by atoms with Gasteiger partial charge in [-0.15, -0.1) is 0 Å². The fourth-order valence-corrected chi connectivity index (χ4v) is 3.76. The Morgan fingerprint density at radius 3 is 2.63 bits per heavy atom. The van der Waals surface area contributed by atoms with Crippen molar-refractivity contribution < 1.29 is 4.74 Å². The molecule has 0 radical (unpaired) electrons. The number of morpholine rings is 1. The van der Waals surface area contributed by atoms with Gasteiger partial charge >= 0.3 is 0 Å². The van der Waals surface area contributed by atoms with E-state index in [1.54, 1.807) is 0 Å². The zero-order valence-electron chi connectivity index (χ0n) is 11.7. The lowest BCUT2D eigenvalue weighted by Gasteiger charge is -2.45. The summed E-state index contributed by atoms with van der Waals surface area (Å²) < 4.78 is 5.91. The topological polar surface area (TPSA) is 62.9 Å². The predicted molar refractivity (Wildman–Crippen MR) is 75.7 cm³/mol. The van der Waals surface area contributed by atoms with E-state index in [-0.39, 0.29) is 0 Å². The molecule has 108 valence electrons. The van der Waals surface area contributed by atoms with E-state index in [2.05, 4.69) is 10.3 Å². The molecule has 3 fully saturated rings. The number of nitrogens with two attached hydrogens (primary N) is 1. The number of hydrogen-bond acceptors (Lipinski definition) is 3. The van der Waals surface area contributed by atoms with Crippen LogP contribution in [-0.4, -0.2) is 42.2 Å². The van der Waals surface area contributed by atoms with Crippen molar-refractivity contribution in [2.75, 3.05) is 13.2 Å². The Morgan fingerprint density at radius 2 is 1.84 bits per heavy atom. The number of hydrogen-bond donors (Lipinski definition) is 2. The lowest BCUT2D eigenvalue weighted by Crippen LogP contribution is -2.59. The minimum Gasteiger partial charge on any atom is -0.374 e. The SMILES string of the molecule is NNC(=NC1CCCC1)N1CCOC2CCCCC21. The van der Waals surface area contributed by atoms with E-state index in [0.29, 0.717) is 18.2 Å². The first-order valence-electron chi connectivity index (χ1n) is 7.81. The summed E-state index contributed by atoms with van der Waals surface area (Å²) >= 11 is 0. The number of nitrogens with zero attached hydrogens (tertiary/aromatic N) is 2. The molecule has 0 bridgehead atoms. The standard InChI is InChI=1S/C14H26N4O/c15-17-14(16-11-5-1-2-6-11)18-9-10-19-13-8-4-3-7-12(13)18/h11-13H,1-10,15H2,(H,16,17). The lowest BCUT2D eigenvalue weighted by atomic mass is 9.90. The molecule has 0 aromatic rings. The third-order valence-electron chi connectivity index (χ3n) is 4.76. The normalized spacial score (nSPS) is 33.3. The Morgan fingerprint density at radius 1 is 1.11 bits per heavy atom. The first-order chi connectivity index (χ1) is 9.38. The van der Waals surface area contributed by atoms with Gasteiger partial charge in [0.2, 0.25) is 5.96 Å². The Labute approximate surface area is 115 Å². The molecule has 5 nitrogen and oxygen atoms in total. The van der Waals surface area contributed by atoms with Crippen molar-refractivity contribution in [1.82, 2.24) is 10.3 Å². The second kappa shape index (κ2) is 6.09. The van der Waals surface area contributed by atoms with Gasteiger partial charge in [0.1, 0.15) is 0 Å². The van der Waals surface area contributed by atoms with E-state index in [1.807, 2.05) is 0 Å². The quantitative estimate of drug-likeness (QED) is 0.326. The second-order valence-electron chi connectivity index (χ2n) is 5.99. The van der Waals surface area contributed by atoms with Gasteiger partial charge in [-0.3, -0.25) is 5.43 Å². The molecule has 0 aromatic carbocycles. The van der Waals surface area contributed by atoms with Crippen molar-refractivity contribution in [3.05, 3.63) is 0 Å². The molecule has 2 atom stereocenters. The average molecular weight is 266 g/mol. The molecule has 0 aromatic heterocycles. The van der Waals surface area contributed by atoms with Crippen molar-refractivity contribution in [3.8, 4) is 0 Å².